The van der Waals surface area contributed by atoms with Gasteiger partial charge in [0, 0.05) is 16.5 Å². The van der Waals surface area contributed by atoms with Crippen LogP contribution < -0.4 is 0 Å². The van der Waals surface area contributed by atoms with Crippen molar-refractivity contribution < 1.29 is 9.47 Å². The van der Waals surface area contributed by atoms with Crippen LogP contribution in [-0.2, 0) is 21.8 Å². The van der Waals surface area contributed by atoms with Gasteiger partial charge in [-0.1, -0.05) is 30.7 Å². The zero-order valence-electron chi connectivity index (χ0n) is 11.2. The second-order valence-corrected chi connectivity index (χ2v) is 5.52. The normalized spacial score (nSPS) is 26.6. The van der Waals surface area contributed by atoms with E-state index in [9.17, 15) is 0 Å². The zero-order valence-corrected chi connectivity index (χ0v) is 12.0. The van der Waals surface area contributed by atoms with Crippen LogP contribution >= 0.6 is 11.6 Å². The molecule has 20 heavy (non-hydrogen) atoms. The minimum atomic E-state index is -0.829. The van der Waals surface area contributed by atoms with Gasteiger partial charge in [-0.05, 0) is 12.1 Å². The van der Waals surface area contributed by atoms with Crippen LogP contribution in [-0.4, -0.2) is 28.0 Å². The van der Waals surface area contributed by atoms with E-state index in [0.29, 0.717) is 30.7 Å². The fraction of sp³-hybridized carbons (Fsp3) is 0.429. The summed E-state index contributed by atoms with van der Waals surface area (Å²) in [5, 5.41) is 4.83. The summed E-state index contributed by atoms with van der Waals surface area (Å²) in [5.74, 6) is -0.448. The van der Waals surface area contributed by atoms with Gasteiger partial charge >= 0.3 is 0 Å². The quantitative estimate of drug-likeness (QED) is 0.872. The molecule has 0 N–H and O–H groups in total. The van der Waals surface area contributed by atoms with E-state index >= 15 is 0 Å². The summed E-state index contributed by atoms with van der Waals surface area (Å²) in [6, 6.07) is 7.53. The molecule has 1 aromatic carbocycles. The van der Waals surface area contributed by atoms with Gasteiger partial charge in [0.15, 0.2) is 0 Å². The molecule has 1 aliphatic rings. The van der Waals surface area contributed by atoms with E-state index < -0.39 is 5.79 Å². The Morgan fingerprint density at radius 2 is 2.00 bits per heavy atom. The second kappa shape index (κ2) is 5.52. The van der Waals surface area contributed by atoms with Crippen LogP contribution in [0, 0.1) is 5.92 Å². The molecule has 2 aromatic rings. The predicted octanol–water partition coefficient (Wildman–Crippen LogP) is 2.47. The third-order valence-electron chi connectivity index (χ3n) is 3.32. The van der Waals surface area contributed by atoms with Gasteiger partial charge < -0.3 is 9.47 Å². The maximum absolute atomic E-state index is 6.02. The highest BCUT2D eigenvalue weighted by atomic mass is 35.5. The molecule has 106 valence electrons. The van der Waals surface area contributed by atoms with E-state index in [-0.39, 0.29) is 0 Å². The lowest BCUT2D eigenvalue weighted by Crippen LogP contribution is -2.44. The summed E-state index contributed by atoms with van der Waals surface area (Å²) in [4.78, 5) is 3.96. The lowest BCUT2D eigenvalue weighted by atomic mass is 10.0. The van der Waals surface area contributed by atoms with Crippen molar-refractivity contribution in [2.24, 2.45) is 5.92 Å². The number of ether oxygens (including phenoxy) is 2. The van der Waals surface area contributed by atoms with Gasteiger partial charge in [-0.3, -0.25) is 0 Å². The number of halogens is 1. The third kappa shape index (κ3) is 2.70. The molecular formula is C14H16ClN3O2. The average molecular weight is 294 g/mol. The molecule has 1 saturated heterocycles. The zero-order chi connectivity index (χ0) is 14.0. The standard InChI is InChI=1S/C14H16ClN3O2/c1-11-6-19-14(20-7-11,8-18-10-16-9-17-18)12-2-4-13(15)5-3-12/h2-5,9-11H,6-8H2,1H3. The molecule has 2 heterocycles. The van der Waals surface area contributed by atoms with Crippen LogP contribution in [0.1, 0.15) is 12.5 Å². The topological polar surface area (TPSA) is 49.2 Å². The van der Waals surface area contributed by atoms with E-state index in [1.165, 1.54) is 6.33 Å². The highest BCUT2D eigenvalue weighted by Crippen LogP contribution is 2.34. The van der Waals surface area contributed by atoms with Crippen LogP contribution in [0.4, 0.5) is 0 Å². The first kappa shape index (κ1) is 13.5. The fourth-order valence-electron chi connectivity index (χ4n) is 2.22. The monoisotopic (exact) mass is 293 g/mol. The number of benzene rings is 1. The van der Waals surface area contributed by atoms with E-state index in [2.05, 4.69) is 17.0 Å². The number of hydrogen-bond donors (Lipinski definition) is 0. The van der Waals surface area contributed by atoms with Crippen molar-refractivity contribution in [2.45, 2.75) is 19.3 Å². The van der Waals surface area contributed by atoms with Crippen molar-refractivity contribution in [1.29, 1.82) is 0 Å². The van der Waals surface area contributed by atoms with E-state index in [1.54, 1.807) is 11.0 Å². The van der Waals surface area contributed by atoms with Crippen LogP contribution in [0.2, 0.25) is 5.02 Å². The molecule has 3 rings (SSSR count). The smallest absolute Gasteiger partial charge is 0.215 e. The first-order valence-corrected chi connectivity index (χ1v) is 6.92. The first-order valence-electron chi connectivity index (χ1n) is 6.54. The molecular weight excluding hydrogens is 278 g/mol. The molecule has 0 bridgehead atoms. The van der Waals surface area contributed by atoms with Crippen LogP contribution in [0.25, 0.3) is 0 Å². The van der Waals surface area contributed by atoms with Crippen molar-refractivity contribution in [3.8, 4) is 0 Å². The second-order valence-electron chi connectivity index (χ2n) is 5.08. The molecule has 0 radical (unpaired) electrons. The van der Waals surface area contributed by atoms with Crippen molar-refractivity contribution in [3.05, 3.63) is 47.5 Å². The summed E-state index contributed by atoms with van der Waals surface area (Å²) in [7, 11) is 0. The molecule has 0 amide bonds. The van der Waals surface area contributed by atoms with Crippen LogP contribution in [0.5, 0.6) is 0 Å². The maximum atomic E-state index is 6.02. The Labute approximate surface area is 122 Å². The Hall–Kier alpha value is -1.43. The molecule has 0 unspecified atom stereocenters. The van der Waals surface area contributed by atoms with Crippen molar-refractivity contribution in [3.63, 3.8) is 0 Å². The molecule has 6 heteroatoms. The summed E-state index contributed by atoms with van der Waals surface area (Å²) < 4.78 is 13.8. The molecule has 1 aliphatic heterocycles. The highest BCUT2D eigenvalue weighted by Gasteiger charge is 2.39. The number of hydrogen-bond acceptors (Lipinski definition) is 4. The van der Waals surface area contributed by atoms with Crippen LogP contribution in [0.15, 0.2) is 36.9 Å². The molecule has 1 aromatic heterocycles. The minimum absolute atomic E-state index is 0.381. The molecule has 1 fully saturated rings. The fourth-order valence-corrected chi connectivity index (χ4v) is 2.35. The lowest BCUT2D eigenvalue weighted by Gasteiger charge is -2.39. The van der Waals surface area contributed by atoms with Crippen molar-refractivity contribution in [1.82, 2.24) is 14.8 Å². The predicted molar refractivity (Wildman–Crippen MR) is 74.2 cm³/mol. The Bertz CT molecular complexity index is 548. The van der Waals surface area contributed by atoms with Gasteiger partial charge in [0.05, 0.1) is 13.2 Å². The first-order chi connectivity index (χ1) is 9.68. The van der Waals surface area contributed by atoms with Gasteiger partial charge in [0.25, 0.3) is 0 Å². The maximum Gasteiger partial charge on any atom is 0.215 e. The molecule has 0 spiro atoms. The molecule has 0 atom stereocenters. The van der Waals surface area contributed by atoms with E-state index in [1.807, 2.05) is 24.3 Å². The summed E-state index contributed by atoms with van der Waals surface area (Å²) in [6.07, 6.45) is 3.16. The molecule has 0 aliphatic carbocycles. The summed E-state index contributed by atoms with van der Waals surface area (Å²) in [5.41, 5.74) is 0.935. The number of nitrogens with zero attached hydrogens (tertiary/aromatic N) is 3. The van der Waals surface area contributed by atoms with Gasteiger partial charge in [0.1, 0.15) is 19.2 Å². The summed E-state index contributed by atoms with van der Waals surface area (Å²) in [6.45, 7) is 3.86. The molecule has 0 saturated carbocycles. The van der Waals surface area contributed by atoms with Crippen molar-refractivity contribution >= 4 is 11.6 Å². The largest absolute Gasteiger partial charge is 0.344 e. The van der Waals surface area contributed by atoms with Crippen molar-refractivity contribution in [2.75, 3.05) is 13.2 Å². The Morgan fingerprint density at radius 3 is 2.60 bits per heavy atom. The van der Waals surface area contributed by atoms with Gasteiger partial charge in [0.2, 0.25) is 5.79 Å². The highest BCUT2D eigenvalue weighted by molar-refractivity contribution is 6.30. The number of rotatable bonds is 3. The SMILES string of the molecule is CC1COC(Cn2cncn2)(c2ccc(Cl)cc2)OC1. The molecule has 5 nitrogen and oxygen atoms in total. The Balaban J connectivity index is 1.92. The van der Waals surface area contributed by atoms with Gasteiger partial charge in [-0.25, -0.2) is 9.67 Å². The van der Waals surface area contributed by atoms with Gasteiger partial charge in [-0.15, -0.1) is 0 Å². The Morgan fingerprint density at radius 1 is 1.30 bits per heavy atom. The minimum Gasteiger partial charge on any atom is -0.344 e. The Kier molecular flexibility index (Phi) is 3.74. The van der Waals surface area contributed by atoms with Gasteiger partial charge in [-0.2, -0.15) is 5.10 Å². The van der Waals surface area contributed by atoms with Crippen LogP contribution in [0.3, 0.4) is 0 Å². The number of aromatic nitrogens is 3. The third-order valence-corrected chi connectivity index (χ3v) is 3.57. The summed E-state index contributed by atoms with van der Waals surface area (Å²) >= 11 is 5.95. The average Bonchev–Trinajstić information content (AvgIpc) is 2.95. The van der Waals surface area contributed by atoms with E-state index in [4.69, 9.17) is 21.1 Å². The lowest BCUT2D eigenvalue weighted by molar-refractivity contribution is -0.298. The van der Waals surface area contributed by atoms with E-state index in [0.717, 1.165) is 5.56 Å².